The van der Waals surface area contributed by atoms with E-state index >= 15 is 0 Å². The zero-order chi connectivity index (χ0) is 21.0. The number of benzene rings is 2. The average molecular weight is 496 g/mol. The van der Waals surface area contributed by atoms with Gasteiger partial charge in [-0.15, -0.1) is 10.2 Å². The van der Waals surface area contributed by atoms with Gasteiger partial charge in [0.25, 0.3) is 0 Å². The van der Waals surface area contributed by atoms with Crippen LogP contribution in [0.2, 0.25) is 5.02 Å². The second kappa shape index (κ2) is 9.65. The van der Waals surface area contributed by atoms with Crippen LogP contribution in [0, 0.1) is 6.92 Å². The van der Waals surface area contributed by atoms with E-state index in [2.05, 4.69) is 31.4 Å². The van der Waals surface area contributed by atoms with Gasteiger partial charge in [-0.2, -0.15) is 0 Å². The Labute approximate surface area is 187 Å². The molecule has 0 aliphatic heterocycles. The molecule has 1 unspecified atom stereocenters. The molecule has 0 radical (unpaired) electrons. The molecule has 1 amide bonds. The largest absolute Gasteiger partial charge is 0.481 e. The predicted molar refractivity (Wildman–Crippen MR) is 120 cm³/mol. The summed E-state index contributed by atoms with van der Waals surface area (Å²) < 4.78 is 8.76. The molecule has 1 heterocycles. The predicted octanol–water partition coefficient (Wildman–Crippen LogP) is 5.41. The molecule has 3 aromatic rings. The molecular weight excluding hydrogens is 476 g/mol. The number of rotatable bonds is 7. The third-order valence-electron chi connectivity index (χ3n) is 4.08. The molecule has 9 heteroatoms. The number of hydrogen-bond acceptors (Lipinski definition) is 5. The first-order chi connectivity index (χ1) is 13.8. The van der Waals surface area contributed by atoms with E-state index in [4.69, 9.17) is 16.3 Å². The lowest BCUT2D eigenvalue weighted by atomic mass is 10.2. The topological polar surface area (TPSA) is 69.0 Å². The van der Waals surface area contributed by atoms with Crippen LogP contribution in [0.1, 0.15) is 24.4 Å². The number of aromatic nitrogens is 3. The van der Waals surface area contributed by atoms with Crippen molar-refractivity contribution in [1.29, 1.82) is 0 Å². The van der Waals surface area contributed by atoms with Gasteiger partial charge >= 0.3 is 0 Å². The van der Waals surface area contributed by atoms with Gasteiger partial charge in [-0.05, 0) is 55.8 Å². The van der Waals surface area contributed by atoms with Gasteiger partial charge in [0.2, 0.25) is 5.91 Å². The standard InChI is InChI=1S/C20H20BrClN4O2S/c1-12-4-9-16(22)17(10-12)28-13(2)19-24-25-20(26(19)3)29-11-18(27)23-15-7-5-14(21)6-8-15/h4-10,13H,11H2,1-3H3,(H,23,27). The third-order valence-corrected chi connectivity index (χ3v) is 5.94. The molecule has 29 heavy (non-hydrogen) atoms. The summed E-state index contributed by atoms with van der Waals surface area (Å²) in [4.78, 5) is 12.2. The number of aryl methyl sites for hydroxylation is 1. The molecule has 0 aliphatic rings. The van der Waals surface area contributed by atoms with Crippen molar-refractivity contribution >= 4 is 50.9 Å². The Morgan fingerprint density at radius 1 is 1.28 bits per heavy atom. The van der Waals surface area contributed by atoms with Crippen molar-refractivity contribution in [3.63, 3.8) is 0 Å². The van der Waals surface area contributed by atoms with Gasteiger partial charge in [0.1, 0.15) is 5.75 Å². The fraction of sp³-hybridized carbons (Fsp3) is 0.250. The third kappa shape index (κ3) is 5.74. The maximum Gasteiger partial charge on any atom is 0.234 e. The van der Waals surface area contributed by atoms with Crippen LogP contribution in [0.5, 0.6) is 5.75 Å². The number of carbonyl (C=O) groups excluding carboxylic acids is 1. The van der Waals surface area contributed by atoms with E-state index in [0.717, 1.165) is 15.7 Å². The molecule has 0 bridgehead atoms. The van der Waals surface area contributed by atoms with E-state index in [1.165, 1.54) is 11.8 Å². The van der Waals surface area contributed by atoms with Crippen LogP contribution < -0.4 is 10.1 Å². The summed E-state index contributed by atoms with van der Waals surface area (Å²) in [6.07, 6.45) is -0.349. The van der Waals surface area contributed by atoms with Gasteiger partial charge in [0, 0.05) is 17.2 Å². The summed E-state index contributed by atoms with van der Waals surface area (Å²) in [5.41, 5.74) is 1.80. The Bertz CT molecular complexity index is 1010. The highest BCUT2D eigenvalue weighted by Crippen LogP contribution is 2.30. The van der Waals surface area contributed by atoms with Crippen LogP contribution in [0.25, 0.3) is 0 Å². The van der Waals surface area contributed by atoms with Gasteiger partial charge in [0.05, 0.1) is 10.8 Å². The van der Waals surface area contributed by atoms with Crippen LogP contribution in [-0.4, -0.2) is 26.4 Å². The summed E-state index contributed by atoms with van der Waals surface area (Å²) in [7, 11) is 1.85. The van der Waals surface area contributed by atoms with Gasteiger partial charge in [-0.25, -0.2) is 0 Å². The number of halogens is 2. The Balaban J connectivity index is 1.60. The Morgan fingerprint density at radius 3 is 2.72 bits per heavy atom. The molecule has 0 saturated carbocycles. The molecule has 3 rings (SSSR count). The first kappa shape index (κ1) is 21.7. The highest BCUT2D eigenvalue weighted by atomic mass is 79.9. The molecule has 0 fully saturated rings. The molecule has 0 aliphatic carbocycles. The molecule has 6 nitrogen and oxygen atoms in total. The normalized spacial score (nSPS) is 11.9. The second-order valence-electron chi connectivity index (χ2n) is 6.44. The molecule has 152 valence electrons. The lowest BCUT2D eigenvalue weighted by Crippen LogP contribution is -2.14. The van der Waals surface area contributed by atoms with Crippen molar-refractivity contribution in [3.8, 4) is 5.75 Å². The van der Waals surface area contributed by atoms with Crippen molar-refractivity contribution in [2.75, 3.05) is 11.1 Å². The minimum Gasteiger partial charge on any atom is -0.481 e. The summed E-state index contributed by atoms with van der Waals surface area (Å²) in [6.45, 7) is 3.86. The lowest BCUT2D eigenvalue weighted by Gasteiger charge is -2.15. The quantitative estimate of drug-likeness (QED) is 0.444. The first-order valence-electron chi connectivity index (χ1n) is 8.84. The maximum atomic E-state index is 12.2. The van der Waals surface area contributed by atoms with Gasteiger partial charge in [-0.3, -0.25) is 4.79 Å². The Hall–Kier alpha value is -2.03. The first-order valence-corrected chi connectivity index (χ1v) is 11.0. The van der Waals surface area contributed by atoms with Crippen LogP contribution in [-0.2, 0) is 11.8 Å². The average Bonchev–Trinajstić information content (AvgIpc) is 3.05. The molecule has 2 aromatic carbocycles. The number of amides is 1. The molecule has 1 aromatic heterocycles. The van der Waals surface area contributed by atoms with E-state index in [-0.39, 0.29) is 17.8 Å². The lowest BCUT2D eigenvalue weighted by molar-refractivity contribution is -0.113. The molecular formula is C20H20BrClN4O2S. The second-order valence-corrected chi connectivity index (χ2v) is 8.70. The number of carbonyl (C=O) groups is 1. The molecule has 0 spiro atoms. The monoisotopic (exact) mass is 494 g/mol. The summed E-state index contributed by atoms with van der Waals surface area (Å²) >= 11 is 10.9. The smallest absolute Gasteiger partial charge is 0.234 e. The van der Waals surface area contributed by atoms with E-state index in [1.54, 1.807) is 6.07 Å². The van der Waals surface area contributed by atoms with Crippen LogP contribution in [0.4, 0.5) is 5.69 Å². The number of anilines is 1. The highest BCUT2D eigenvalue weighted by Gasteiger charge is 2.19. The number of nitrogens with zero attached hydrogens (tertiary/aromatic N) is 3. The van der Waals surface area contributed by atoms with E-state index in [1.807, 2.05) is 61.9 Å². The zero-order valence-electron chi connectivity index (χ0n) is 16.1. The van der Waals surface area contributed by atoms with Crippen molar-refractivity contribution in [2.45, 2.75) is 25.1 Å². The number of ether oxygens (including phenoxy) is 1. The zero-order valence-corrected chi connectivity index (χ0v) is 19.3. The van der Waals surface area contributed by atoms with E-state index in [9.17, 15) is 4.79 Å². The van der Waals surface area contributed by atoms with Crippen molar-refractivity contribution < 1.29 is 9.53 Å². The summed E-state index contributed by atoms with van der Waals surface area (Å²) in [6, 6.07) is 13.0. The SMILES string of the molecule is Cc1ccc(Cl)c(OC(C)c2nnc(SCC(=O)Nc3ccc(Br)cc3)n2C)c1. The van der Waals surface area contributed by atoms with Crippen LogP contribution in [0.15, 0.2) is 52.1 Å². The van der Waals surface area contributed by atoms with Crippen molar-refractivity contribution in [1.82, 2.24) is 14.8 Å². The van der Waals surface area contributed by atoms with E-state index < -0.39 is 0 Å². The van der Waals surface area contributed by atoms with E-state index in [0.29, 0.717) is 21.8 Å². The van der Waals surface area contributed by atoms with Gasteiger partial charge in [0.15, 0.2) is 17.1 Å². The van der Waals surface area contributed by atoms with Crippen molar-refractivity contribution in [2.24, 2.45) is 7.05 Å². The summed E-state index contributed by atoms with van der Waals surface area (Å²) in [5, 5.41) is 12.4. The number of thioether (sulfide) groups is 1. The fourth-order valence-corrected chi connectivity index (χ4v) is 3.75. The van der Waals surface area contributed by atoms with Crippen LogP contribution in [0.3, 0.4) is 0 Å². The van der Waals surface area contributed by atoms with Crippen LogP contribution >= 0.6 is 39.3 Å². The van der Waals surface area contributed by atoms with Crippen molar-refractivity contribution in [3.05, 3.63) is 63.3 Å². The summed E-state index contributed by atoms with van der Waals surface area (Å²) in [5.74, 6) is 1.36. The van der Waals surface area contributed by atoms with Gasteiger partial charge < -0.3 is 14.6 Å². The van der Waals surface area contributed by atoms with Gasteiger partial charge in [-0.1, -0.05) is 45.4 Å². The fourth-order valence-electron chi connectivity index (χ4n) is 2.61. The Morgan fingerprint density at radius 2 is 2.00 bits per heavy atom. The number of nitrogens with one attached hydrogen (secondary N) is 1. The highest BCUT2D eigenvalue weighted by molar-refractivity contribution is 9.10. The minimum atomic E-state index is -0.349. The minimum absolute atomic E-state index is 0.113. The molecule has 1 atom stereocenters. The molecule has 1 N–H and O–H groups in total. The number of hydrogen-bond donors (Lipinski definition) is 1. The Kier molecular flexibility index (Phi) is 7.21. The molecule has 0 saturated heterocycles. The maximum absolute atomic E-state index is 12.2.